The molecule has 0 spiro atoms. The molecular formula is C13H7BrCl6. The monoisotopic (exact) mass is 452 g/mol. The van der Waals surface area contributed by atoms with Crippen molar-refractivity contribution in [3.05, 3.63) is 61.0 Å². The fourth-order valence-corrected chi connectivity index (χ4v) is 3.07. The third-order valence-electron chi connectivity index (χ3n) is 2.18. The van der Waals surface area contributed by atoms with Gasteiger partial charge in [0.1, 0.15) is 0 Å². The lowest BCUT2D eigenvalue weighted by Crippen LogP contribution is -2.09. The van der Waals surface area contributed by atoms with E-state index in [1.165, 1.54) is 5.56 Å². The van der Waals surface area contributed by atoms with Crippen LogP contribution in [0, 0.1) is 0 Å². The lowest BCUT2D eigenvalue weighted by Gasteiger charge is -2.11. The van der Waals surface area contributed by atoms with Gasteiger partial charge < -0.3 is 0 Å². The van der Waals surface area contributed by atoms with Gasteiger partial charge in [-0.15, -0.1) is 0 Å². The van der Waals surface area contributed by atoms with Gasteiger partial charge in [-0.2, -0.15) is 0 Å². The molecule has 7 heteroatoms. The van der Waals surface area contributed by atoms with Crippen LogP contribution in [0.25, 0.3) is 6.08 Å². The summed E-state index contributed by atoms with van der Waals surface area (Å²) in [5.74, 6) is 0. The Kier molecular flexibility index (Phi) is 7.80. The smallest absolute Gasteiger partial charge is 0.0888 e. The number of hydrogen-bond donors (Lipinski definition) is 0. The SMILES string of the molecule is BrC=Cc1ccccc1.ClC1=C(Cl)C(Cl)(Cl)C(Cl)=C1Cl. The van der Waals surface area contributed by atoms with E-state index in [0.717, 1.165) is 0 Å². The molecule has 108 valence electrons. The standard InChI is InChI=1S/C8H7Br.C5Cl6/c9-7-6-8-4-2-1-3-5-8;6-1-2(7)4(9)5(10,11)3(1)8/h1-7H;. The van der Waals surface area contributed by atoms with Crippen LogP contribution in [0.1, 0.15) is 5.56 Å². The van der Waals surface area contributed by atoms with E-state index < -0.39 is 4.33 Å². The van der Waals surface area contributed by atoms with E-state index in [9.17, 15) is 0 Å². The maximum absolute atomic E-state index is 5.68. The van der Waals surface area contributed by atoms with Gasteiger partial charge in [0.15, 0.2) is 4.33 Å². The second-order valence-electron chi connectivity index (χ2n) is 3.53. The van der Waals surface area contributed by atoms with Crippen LogP contribution >= 0.6 is 85.5 Å². The first-order valence-electron chi connectivity index (χ1n) is 5.13. The first kappa shape index (κ1) is 18.7. The van der Waals surface area contributed by atoms with Crippen molar-refractivity contribution in [1.82, 2.24) is 0 Å². The number of hydrogen-bond acceptors (Lipinski definition) is 0. The maximum Gasteiger partial charge on any atom is 0.191 e. The summed E-state index contributed by atoms with van der Waals surface area (Å²) in [7, 11) is 0. The summed E-state index contributed by atoms with van der Waals surface area (Å²) in [6, 6.07) is 10.1. The molecule has 0 aromatic heterocycles. The molecule has 0 N–H and O–H groups in total. The minimum atomic E-state index is -1.47. The number of benzene rings is 1. The molecular weight excluding hydrogens is 449 g/mol. The molecule has 0 atom stereocenters. The van der Waals surface area contributed by atoms with Crippen LogP contribution < -0.4 is 0 Å². The molecule has 2 rings (SSSR count). The van der Waals surface area contributed by atoms with E-state index >= 15 is 0 Å². The van der Waals surface area contributed by atoms with E-state index in [0.29, 0.717) is 0 Å². The van der Waals surface area contributed by atoms with Crippen molar-refractivity contribution in [3.63, 3.8) is 0 Å². The van der Waals surface area contributed by atoms with Crippen molar-refractivity contribution in [1.29, 1.82) is 0 Å². The molecule has 0 fully saturated rings. The van der Waals surface area contributed by atoms with Gasteiger partial charge in [-0.05, 0) is 16.6 Å². The second kappa shape index (κ2) is 8.33. The van der Waals surface area contributed by atoms with E-state index in [4.69, 9.17) is 69.6 Å². The Morgan fingerprint density at radius 1 is 0.850 bits per heavy atom. The molecule has 0 radical (unpaired) electrons. The summed E-state index contributed by atoms with van der Waals surface area (Å²) in [6.07, 6.45) is 2.00. The summed E-state index contributed by atoms with van der Waals surface area (Å²) in [4.78, 5) is 1.85. The lowest BCUT2D eigenvalue weighted by atomic mass is 10.2. The Morgan fingerprint density at radius 2 is 1.30 bits per heavy atom. The molecule has 0 nitrogen and oxygen atoms in total. The van der Waals surface area contributed by atoms with Crippen molar-refractivity contribution in [2.45, 2.75) is 4.33 Å². The number of allylic oxidation sites excluding steroid dienone is 4. The zero-order chi connectivity index (χ0) is 15.3. The molecule has 0 saturated carbocycles. The quantitative estimate of drug-likeness (QED) is 0.382. The Morgan fingerprint density at radius 3 is 1.60 bits per heavy atom. The van der Waals surface area contributed by atoms with E-state index in [-0.39, 0.29) is 20.1 Å². The third kappa shape index (κ3) is 4.58. The molecule has 0 saturated heterocycles. The van der Waals surface area contributed by atoms with Crippen molar-refractivity contribution in [2.24, 2.45) is 0 Å². The molecule has 0 unspecified atom stereocenters. The zero-order valence-corrected chi connectivity index (χ0v) is 15.8. The van der Waals surface area contributed by atoms with Gasteiger partial charge in [0, 0.05) is 0 Å². The average Bonchev–Trinajstić information content (AvgIpc) is 2.57. The Bertz CT molecular complexity index is 533. The molecule has 0 bridgehead atoms. The molecule has 0 heterocycles. The van der Waals surface area contributed by atoms with Crippen LogP contribution in [0.5, 0.6) is 0 Å². The van der Waals surface area contributed by atoms with Crippen LogP contribution in [-0.4, -0.2) is 4.33 Å². The Hall–Kier alpha value is 0.660. The highest BCUT2D eigenvalue weighted by Crippen LogP contribution is 2.53. The maximum atomic E-state index is 5.68. The van der Waals surface area contributed by atoms with Crippen LogP contribution in [0.4, 0.5) is 0 Å². The molecule has 20 heavy (non-hydrogen) atoms. The number of halogens is 7. The molecule has 0 amide bonds. The Labute approximate surface area is 156 Å². The molecule has 1 aliphatic rings. The molecule has 0 aliphatic heterocycles. The van der Waals surface area contributed by atoms with E-state index in [1.54, 1.807) is 0 Å². The van der Waals surface area contributed by atoms with Crippen molar-refractivity contribution < 1.29 is 0 Å². The largest absolute Gasteiger partial charge is 0.191 e. The summed E-state index contributed by atoms with van der Waals surface area (Å²) in [5.41, 5.74) is 1.22. The van der Waals surface area contributed by atoms with Crippen molar-refractivity contribution >= 4 is 91.6 Å². The highest BCUT2D eigenvalue weighted by Gasteiger charge is 2.42. The fraction of sp³-hybridized carbons (Fsp3) is 0.0769. The Balaban J connectivity index is 0.000000204. The van der Waals surface area contributed by atoms with Gasteiger partial charge in [-0.3, -0.25) is 0 Å². The van der Waals surface area contributed by atoms with Crippen LogP contribution in [0.2, 0.25) is 0 Å². The van der Waals surface area contributed by atoms with Gasteiger partial charge in [0.2, 0.25) is 0 Å². The topological polar surface area (TPSA) is 0 Å². The summed E-state index contributed by atoms with van der Waals surface area (Å²) < 4.78 is -1.47. The minimum absolute atomic E-state index is 0.0394. The highest BCUT2D eigenvalue weighted by molar-refractivity contribution is 9.11. The van der Waals surface area contributed by atoms with Gasteiger partial charge in [0.25, 0.3) is 0 Å². The predicted molar refractivity (Wildman–Crippen MR) is 96.3 cm³/mol. The first-order valence-corrected chi connectivity index (χ1v) is 8.32. The van der Waals surface area contributed by atoms with Crippen LogP contribution in [0.15, 0.2) is 55.4 Å². The second-order valence-corrected chi connectivity index (χ2v) is 6.90. The predicted octanol–water partition coefficient (Wildman–Crippen LogP) is 7.60. The fourth-order valence-electron chi connectivity index (χ4n) is 1.20. The van der Waals surface area contributed by atoms with Gasteiger partial charge in [-0.1, -0.05) is 116 Å². The summed E-state index contributed by atoms with van der Waals surface area (Å²) in [5, 5.41) is 0.279. The van der Waals surface area contributed by atoms with Crippen LogP contribution in [0.3, 0.4) is 0 Å². The van der Waals surface area contributed by atoms with Gasteiger partial charge in [0.05, 0.1) is 20.1 Å². The molecule has 1 aromatic rings. The first-order chi connectivity index (χ1) is 9.32. The summed E-state index contributed by atoms with van der Waals surface area (Å²) >= 11 is 37.0. The molecule has 1 aliphatic carbocycles. The van der Waals surface area contributed by atoms with Gasteiger partial charge in [-0.25, -0.2) is 0 Å². The average molecular weight is 456 g/mol. The zero-order valence-electron chi connectivity index (χ0n) is 9.69. The number of rotatable bonds is 1. The summed E-state index contributed by atoms with van der Waals surface area (Å²) in [6.45, 7) is 0. The number of alkyl halides is 2. The molecule has 1 aromatic carbocycles. The lowest BCUT2D eigenvalue weighted by molar-refractivity contribution is 1.24. The van der Waals surface area contributed by atoms with E-state index in [1.807, 2.05) is 29.3 Å². The normalized spacial score (nSPS) is 17.6. The van der Waals surface area contributed by atoms with E-state index in [2.05, 4.69) is 28.1 Å². The van der Waals surface area contributed by atoms with Crippen LogP contribution in [-0.2, 0) is 0 Å². The minimum Gasteiger partial charge on any atom is -0.0888 e. The van der Waals surface area contributed by atoms with Gasteiger partial charge >= 0.3 is 0 Å². The highest BCUT2D eigenvalue weighted by atomic mass is 79.9. The third-order valence-corrected chi connectivity index (χ3v) is 5.58. The van der Waals surface area contributed by atoms with Crippen molar-refractivity contribution in [3.8, 4) is 0 Å². The van der Waals surface area contributed by atoms with Crippen molar-refractivity contribution in [2.75, 3.05) is 0 Å².